The number of anilines is 1. The molecule has 11 heteroatoms. The first-order valence-corrected chi connectivity index (χ1v) is 13.7. The number of rotatable bonds is 11. The number of carbonyl (C=O) groups is 2. The predicted octanol–water partition coefficient (Wildman–Crippen LogP) is 4.75. The van der Waals surface area contributed by atoms with E-state index in [0.717, 1.165) is 6.26 Å². The molecule has 0 radical (unpaired) electrons. The van der Waals surface area contributed by atoms with Crippen LogP contribution in [0.25, 0.3) is 0 Å². The van der Waals surface area contributed by atoms with Crippen molar-refractivity contribution < 1.29 is 18.0 Å². The Hall–Kier alpha value is -2.00. The van der Waals surface area contributed by atoms with Gasteiger partial charge >= 0.3 is 0 Å². The maximum absolute atomic E-state index is 13.2. The molecule has 2 rings (SSSR count). The molecule has 0 bridgehead atoms. The van der Waals surface area contributed by atoms with Gasteiger partial charge in [0, 0.05) is 46.7 Å². The minimum atomic E-state index is -3.60. The van der Waals surface area contributed by atoms with Crippen LogP contribution in [-0.2, 0) is 26.2 Å². The SMILES string of the molecule is CCNC(=O)C(C)N(Cc1c(Cl)cccc1Cl)C(=O)CCCN(c1cccc(Cl)c1)S(C)(=O)=O. The molecule has 0 fully saturated rings. The van der Waals surface area contributed by atoms with E-state index in [9.17, 15) is 18.0 Å². The number of nitrogens with one attached hydrogen (secondary N) is 1. The van der Waals surface area contributed by atoms with Gasteiger partial charge in [0.1, 0.15) is 6.04 Å². The fourth-order valence-corrected chi connectivity index (χ4v) is 5.05. The highest BCUT2D eigenvalue weighted by atomic mass is 35.5. The number of nitrogens with zero attached hydrogens (tertiary/aromatic N) is 2. The molecule has 1 N–H and O–H groups in total. The predicted molar refractivity (Wildman–Crippen MR) is 138 cm³/mol. The Morgan fingerprint density at radius 3 is 2.24 bits per heavy atom. The summed E-state index contributed by atoms with van der Waals surface area (Å²) in [6.45, 7) is 3.95. The van der Waals surface area contributed by atoms with E-state index in [-0.39, 0.29) is 37.7 Å². The Morgan fingerprint density at radius 1 is 1.06 bits per heavy atom. The number of halogens is 3. The quantitative estimate of drug-likeness (QED) is 0.439. The summed E-state index contributed by atoms with van der Waals surface area (Å²) >= 11 is 18.6. The van der Waals surface area contributed by atoms with Crippen LogP contribution in [0.1, 0.15) is 32.3 Å². The Bertz CT molecular complexity index is 1110. The largest absolute Gasteiger partial charge is 0.355 e. The molecule has 1 unspecified atom stereocenters. The zero-order chi connectivity index (χ0) is 25.5. The van der Waals surface area contributed by atoms with Gasteiger partial charge in [-0.05, 0) is 50.6 Å². The smallest absolute Gasteiger partial charge is 0.242 e. The summed E-state index contributed by atoms with van der Waals surface area (Å²) in [6, 6.07) is 10.7. The van der Waals surface area contributed by atoms with Crippen molar-refractivity contribution in [2.75, 3.05) is 23.7 Å². The highest BCUT2D eigenvalue weighted by Crippen LogP contribution is 2.27. The Morgan fingerprint density at radius 2 is 1.68 bits per heavy atom. The van der Waals surface area contributed by atoms with E-state index >= 15 is 0 Å². The second-order valence-corrected chi connectivity index (χ2v) is 10.9. The van der Waals surface area contributed by atoms with Crippen molar-refractivity contribution in [2.24, 2.45) is 0 Å². The minimum absolute atomic E-state index is 0.0123. The molecule has 186 valence electrons. The van der Waals surface area contributed by atoms with Crippen molar-refractivity contribution in [3.05, 3.63) is 63.1 Å². The zero-order valence-corrected chi connectivity index (χ0v) is 22.3. The third kappa shape index (κ3) is 7.77. The van der Waals surface area contributed by atoms with Crippen LogP contribution in [0.5, 0.6) is 0 Å². The number of hydrogen-bond acceptors (Lipinski definition) is 4. The van der Waals surface area contributed by atoms with Crippen LogP contribution in [0.2, 0.25) is 15.1 Å². The van der Waals surface area contributed by atoms with Crippen molar-refractivity contribution in [3.8, 4) is 0 Å². The van der Waals surface area contributed by atoms with E-state index in [1.165, 1.54) is 9.21 Å². The molecule has 0 aliphatic carbocycles. The zero-order valence-electron chi connectivity index (χ0n) is 19.2. The monoisotopic (exact) mass is 547 g/mol. The van der Waals surface area contributed by atoms with Crippen molar-refractivity contribution in [3.63, 3.8) is 0 Å². The van der Waals surface area contributed by atoms with Crippen LogP contribution < -0.4 is 9.62 Å². The molecule has 1 atom stereocenters. The highest BCUT2D eigenvalue weighted by molar-refractivity contribution is 7.92. The molecular formula is C23H28Cl3N3O4S. The van der Waals surface area contributed by atoms with E-state index in [2.05, 4.69) is 5.32 Å². The van der Waals surface area contributed by atoms with E-state index < -0.39 is 16.1 Å². The van der Waals surface area contributed by atoms with Gasteiger partial charge in [-0.3, -0.25) is 13.9 Å². The van der Waals surface area contributed by atoms with Crippen LogP contribution in [-0.4, -0.2) is 50.5 Å². The first-order chi connectivity index (χ1) is 16.0. The van der Waals surface area contributed by atoms with Crippen LogP contribution in [0.15, 0.2) is 42.5 Å². The molecule has 2 aromatic rings. The molecular weight excluding hydrogens is 521 g/mol. The van der Waals surface area contributed by atoms with E-state index in [4.69, 9.17) is 34.8 Å². The number of carbonyl (C=O) groups excluding carboxylic acids is 2. The van der Waals surface area contributed by atoms with Crippen LogP contribution >= 0.6 is 34.8 Å². The molecule has 0 spiro atoms. The molecule has 0 heterocycles. The molecule has 7 nitrogen and oxygen atoms in total. The molecule has 34 heavy (non-hydrogen) atoms. The summed E-state index contributed by atoms with van der Waals surface area (Å²) in [6.07, 6.45) is 1.34. The molecule has 0 aliphatic rings. The number of amides is 2. The Labute approximate surface area is 216 Å². The lowest BCUT2D eigenvalue weighted by Gasteiger charge is -2.30. The Balaban J connectivity index is 2.21. The maximum atomic E-state index is 13.2. The molecule has 0 aliphatic heterocycles. The second kappa shape index (κ2) is 12.6. The van der Waals surface area contributed by atoms with Crippen molar-refractivity contribution in [2.45, 2.75) is 39.3 Å². The third-order valence-electron chi connectivity index (χ3n) is 5.16. The normalized spacial score (nSPS) is 12.2. The fourth-order valence-electron chi connectivity index (χ4n) is 3.39. The fraction of sp³-hybridized carbons (Fsp3) is 0.391. The number of likely N-dealkylation sites (N-methyl/N-ethyl adjacent to an activating group) is 1. The van der Waals surface area contributed by atoms with Gasteiger partial charge in [-0.2, -0.15) is 0 Å². The molecule has 0 saturated heterocycles. The van der Waals surface area contributed by atoms with Crippen LogP contribution in [0.4, 0.5) is 5.69 Å². The topological polar surface area (TPSA) is 86.8 Å². The standard InChI is InChI=1S/C23H28Cl3N3O4S/c1-4-27-23(31)16(2)28(15-19-20(25)10-6-11-21(19)26)22(30)12-7-13-29(34(3,32)33)18-9-5-8-17(24)14-18/h5-6,8-11,14,16H,4,7,12-13,15H2,1-3H3,(H,27,31). The van der Waals surface area contributed by atoms with Gasteiger partial charge in [0.15, 0.2) is 0 Å². The van der Waals surface area contributed by atoms with E-state index in [0.29, 0.717) is 32.9 Å². The highest BCUT2D eigenvalue weighted by Gasteiger charge is 2.27. The molecule has 2 amide bonds. The van der Waals surface area contributed by atoms with Crippen molar-refractivity contribution in [1.29, 1.82) is 0 Å². The summed E-state index contributed by atoms with van der Waals surface area (Å²) < 4.78 is 25.9. The third-order valence-corrected chi connectivity index (χ3v) is 7.29. The lowest BCUT2D eigenvalue weighted by Crippen LogP contribution is -2.47. The van der Waals surface area contributed by atoms with E-state index in [1.807, 2.05) is 0 Å². The number of hydrogen-bond donors (Lipinski definition) is 1. The summed E-state index contributed by atoms with van der Waals surface area (Å²) in [5.74, 6) is -0.634. The summed E-state index contributed by atoms with van der Waals surface area (Å²) in [7, 11) is -3.60. The van der Waals surface area contributed by atoms with E-state index in [1.54, 1.807) is 56.3 Å². The first kappa shape index (κ1) is 28.2. The molecule has 0 aromatic heterocycles. The summed E-state index contributed by atoms with van der Waals surface area (Å²) in [5.41, 5.74) is 0.949. The summed E-state index contributed by atoms with van der Waals surface area (Å²) in [4.78, 5) is 27.1. The molecule has 0 saturated carbocycles. The lowest BCUT2D eigenvalue weighted by molar-refractivity contribution is -0.140. The van der Waals surface area contributed by atoms with Crippen LogP contribution in [0.3, 0.4) is 0 Å². The second-order valence-electron chi connectivity index (χ2n) is 7.71. The van der Waals surface area contributed by atoms with Gasteiger partial charge < -0.3 is 10.2 Å². The van der Waals surface area contributed by atoms with Crippen LogP contribution in [0, 0.1) is 0 Å². The Kier molecular flexibility index (Phi) is 10.5. The van der Waals surface area contributed by atoms with Crippen molar-refractivity contribution in [1.82, 2.24) is 10.2 Å². The van der Waals surface area contributed by atoms with Gasteiger partial charge in [-0.25, -0.2) is 8.42 Å². The number of benzene rings is 2. The average Bonchev–Trinajstić information content (AvgIpc) is 2.75. The van der Waals surface area contributed by atoms with Gasteiger partial charge in [-0.1, -0.05) is 46.9 Å². The first-order valence-electron chi connectivity index (χ1n) is 10.7. The average molecular weight is 549 g/mol. The van der Waals surface area contributed by atoms with Gasteiger partial charge in [0.05, 0.1) is 11.9 Å². The van der Waals surface area contributed by atoms with Gasteiger partial charge in [0.2, 0.25) is 21.8 Å². The number of sulfonamides is 1. The molecule has 2 aromatic carbocycles. The maximum Gasteiger partial charge on any atom is 0.242 e. The minimum Gasteiger partial charge on any atom is -0.355 e. The van der Waals surface area contributed by atoms with Gasteiger partial charge in [0.25, 0.3) is 0 Å². The lowest BCUT2D eigenvalue weighted by atomic mass is 10.1. The summed E-state index contributed by atoms with van der Waals surface area (Å²) in [5, 5.41) is 3.89. The van der Waals surface area contributed by atoms with Crippen molar-refractivity contribution >= 4 is 62.3 Å². The van der Waals surface area contributed by atoms with Gasteiger partial charge in [-0.15, -0.1) is 0 Å².